The van der Waals surface area contributed by atoms with Crippen molar-refractivity contribution < 1.29 is 9.53 Å². The predicted molar refractivity (Wildman–Crippen MR) is 58.7 cm³/mol. The number of hydrogen-bond acceptors (Lipinski definition) is 2. The third-order valence-electron chi connectivity index (χ3n) is 2.96. The highest BCUT2D eigenvalue weighted by Gasteiger charge is 2.33. The van der Waals surface area contributed by atoms with E-state index in [9.17, 15) is 4.79 Å². The summed E-state index contributed by atoms with van der Waals surface area (Å²) < 4.78 is 5.24. The predicted octanol–water partition coefficient (Wildman–Crippen LogP) is 2.81. The third kappa shape index (κ3) is 2.58. The van der Waals surface area contributed by atoms with E-state index in [1.54, 1.807) is 6.07 Å². The second-order valence-electron chi connectivity index (χ2n) is 4.44. The zero-order valence-electron chi connectivity index (χ0n) is 9.19. The van der Waals surface area contributed by atoms with Crippen LogP contribution in [0.2, 0.25) is 0 Å². The Morgan fingerprint density at radius 2 is 2.27 bits per heavy atom. The number of rotatable bonds is 3. The van der Waals surface area contributed by atoms with Crippen molar-refractivity contribution in [1.29, 1.82) is 0 Å². The minimum Gasteiger partial charge on any atom is -0.462 e. The fourth-order valence-corrected chi connectivity index (χ4v) is 1.67. The lowest BCUT2D eigenvalue weighted by Gasteiger charge is -2.04. The van der Waals surface area contributed by atoms with Crippen molar-refractivity contribution >= 4 is 5.97 Å². The molecule has 2 heteroatoms. The van der Waals surface area contributed by atoms with Crippen molar-refractivity contribution in [3.63, 3.8) is 0 Å². The molecule has 0 radical (unpaired) electrons. The number of hydrogen-bond donors (Lipinski definition) is 0. The zero-order chi connectivity index (χ0) is 10.8. The quantitative estimate of drug-likeness (QED) is 0.708. The highest BCUT2D eigenvalue weighted by molar-refractivity contribution is 5.89. The number of benzene rings is 1. The van der Waals surface area contributed by atoms with E-state index in [2.05, 4.69) is 6.92 Å². The summed E-state index contributed by atoms with van der Waals surface area (Å²) in [6, 6.07) is 7.51. The van der Waals surface area contributed by atoms with Gasteiger partial charge in [-0.15, -0.1) is 0 Å². The van der Waals surface area contributed by atoms with Gasteiger partial charge in [0.25, 0.3) is 0 Å². The molecule has 2 atom stereocenters. The molecule has 0 aromatic heterocycles. The molecular formula is C13H16O2. The molecule has 15 heavy (non-hydrogen) atoms. The van der Waals surface area contributed by atoms with Crippen molar-refractivity contribution in [1.82, 2.24) is 0 Å². The van der Waals surface area contributed by atoms with Crippen LogP contribution in [0.4, 0.5) is 0 Å². The monoisotopic (exact) mass is 204 g/mol. The summed E-state index contributed by atoms with van der Waals surface area (Å²) >= 11 is 0. The Hall–Kier alpha value is -1.31. The SMILES string of the molecule is Cc1cccc(C(=O)OCC2CC2C)c1. The topological polar surface area (TPSA) is 26.3 Å². The Labute approximate surface area is 90.3 Å². The van der Waals surface area contributed by atoms with E-state index >= 15 is 0 Å². The second kappa shape index (κ2) is 4.05. The molecular weight excluding hydrogens is 188 g/mol. The van der Waals surface area contributed by atoms with Crippen LogP contribution < -0.4 is 0 Å². The summed E-state index contributed by atoms with van der Waals surface area (Å²) in [6.07, 6.45) is 1.20. The Balaban J connectivity index is 1.90. The standard InChI is InChI=1S/C13H16O2/c1-9-4-3-5-11(6-9)13(14)15-8-12-7-10(12)2/h3-6,10,12H,7-8H2,1-2H3. The van der Waals surface area contributed by atoms with Crippen LogP contribution in [-0.2, 0) is 4.74 Å². The fourth-order valence-electron chi connectivity index (χ4n) is 1.67. The largest absolute Gasteiger partial charge is 0.462 e. The van der Waals surface area contributed by atoms with Crippen LogP contribution in [0.25, 0.3) is 0 Å². The summed E-state index contributed by atoms with van der Waals surface area (Å²) in [6.45, 7) is 4.73. The molecule has 1 aliphatic carbocycles. The van der Waals surface area contributed by atoms with Crippen LogP contribution in [0.5, 0.6) is 0 Å². The Bertz CT molecular complexity index is 371. The first-order valence-corrected chi connectivity index (χ1v) is 5.40. The Morgan fingerprint density at radius 3 is 2.87 bits per heavy atom. The molecule has 1 aliphatic rings. The maximum Gasteiger partial charge on any atom is 0.338 e. The number of ether oxygens (including phenoxy) is 1. The van der Waals surface area contributed by atoms with Crippen molar-refractivity contribution in [2.24, 2.45) is 11.8 Å². The maximum atomic E-state index is 11.6. The summed E-state index contributed by atoms with van der Waals surface area (Å²) in [5, 5.41) is 0. The van der Waals surface area contributed by atoms with E-state index in [0.29, 0.717) is 18.1 Å². The van der Waals surface area contributed by atoms with E-state index in [-0.39, 0.29) is 5.97 Å². The van der Waals surface area contributed by atoms with Gasteiger partial charge in [-0.1, -0.05) is 24.6 Å². The zero-order valence-corrected chi connectivity index (χ0v) is 9.19. The van der Waals surface area contributed by atoms with Crippen molar-refractivity contribution in [2.75, 3.05) is 6.61 Å². The van der Waals surface area contributed by atoms with Gasteiger partial charge in [0, 0.05) is 0 Å². The van der Waals surface area contributed by atoms with E-state index in [4.69, 9.17) is 4.74 Å². The van der Waals surface area contributed by atoms with Crippen molar-refractivity contribution in [2.45, 2.75) is 20.3 Å². The van der Waals surface area contributed by atoms with Crippen LogP contribution in [0, 0.1) is 18.8 Å². The molecule has 2 rings (SSSR count). The summed E-state index contributed by atoms with van der Waals surface area (Å²) in [7, 11) is 0. The third-order valence-corrected chi connectivity index (χ3v) is 2.96. The smallest absolute Gasteiger partial charge is 0.338 e. The summed E-state index contributed by atoms with van der Waals surface area (Å²) in [4.78, 5) is 11.6. The van der Waals surface area contributed by atoms with Crippen LogP contribution in [-0.4, -0.2) is 12.6 Å². The highest BCUT2D eigenvalue weighted by Crippen LogP contribution is 2.37. The molecule has 0 bridgehead atoms. The first-order valence-electron chi connectivity index (χ1n) is 5.40. The average molecular weight is 204 g/mol. The molecule has 0 N–H and O–H groups in total. The lowest BCUT2D eigenvalue weighted by Crippen LogP contribution is -2.08. The number of aryl methyl sites for hydroxylation is 1. The van der Waals surface area contributed by atoms with Gasteiger partial charge in [0.15, 0.2) is 0 Å². The average Bonchev–Trinajstić information content (AvgIpc) is 2.91. The summed E-state index contributed by atoms with van der Waals surface area (Å²) in [5.74, 6) is 1.13. The van der Waals surface area contributed by atoms with Gasteiger partial charge in [-0.3, -0.25) is 0 Å². The number of esters is 1. The second-order valence-corrected chi connectivity index (χ2v) is 4.44. The molecule has 0 heterocycles. The molecule has 1 aromatic carbocycles. The molecule has 0 amide bonds. The van der Waals surface area contributed by atoms with Crippen molar-refractivity contribution in [3.05, 3.63) is 35.4 Å². The van der Waals surface area contributed by atoms with E-state index in [1.807, 2.05) is 25.1 Å². The number of carbonyl (C=O) groups is 1. The first kappa shape index (κ1) is 10.2. The molecule has 0 aliphatic heterocycles. The van der Waals surface area contributed by atoms with Crippen LogP contribution >= 0.6 is 0 Å². The number of carbonyl (C=O) groups excluding carboxylic acids is 1. The van der Waals surface area contributed by atoms with Gasteiger partial charge in [0.2, 0.25) is 0 Å². The van der Waals surface area contributed by atoms with E-state index in [1.165, 1.54) is 6.42 Å². The maximum absolute atomic E-state index is 11.6. The first-order chi connectivity index (χ1) is 7.16. The van der Waals surface area contributed by atoms with Gasteiger partial charge >= 0.3 is 5.97 Å². The minimum atomic E-state index is -0.196. The van der Waals surface area contributed by atoms with E-state index in [0.717, 1.165) is 11.5 Å². The Morgan fingerprint density at radius 1 is 1.53 bits per heavy atom. The lowest BCUT2D eigenvalue weighted by molar-refractivity contribution is 0.0481. The van der Waals surface area contributed by atoms with Gasteiger partial charge < -0.3 is 4.74 Å². The van der Waals surface area contributed by atoms with Gasteiger partial charge in [-0.2, -0.15) is 0 Å². The molecule has 0 spiro atoms. The molecule has 80 valence electrons. The van der Waals surface area contributed by atoms with Gasteiger partial charge in [0.1, 0.15) is 0 Å². The van der Waals surface area contributed by atoms with Gasteiger partial charge in [-0.25, -0.2) is 4.79 Å². The fraction of sp³-hybridized carbons (Fsp3) is 0.462. The molecule has 1 aromatic rings. The highest BCUT2D eigenvalue weighted by atomic mass is 16.5. The van der Waals surface area contributed by atoms with Crippen molar-refractivity contribution in [3.8, 4) is 0 Å². The molecule has 2 unspecified atom stereocenters. The molecule has 1 saturated carbocycles. The van der Waals surface area contributed by atoms with Crippen LogP contribution in [0.15, 0.2) is 24.3 Å². The van der Waals surface area contributed by atoms with Gasteiger partial charge in [0.05, 0.1) is 12.2 Å². The molecule has 2 nitrogen and oxygen atoms in total. The van der Waals surface area contributed by atoms with Crippen LogP contribution in [0.3, 0.4) is 0 Å². The minimum absolute atomic E-state index is 0.196. The molecule has 1 fully saturated rings. The van der Waals surface area contributed by atoms with Gasteiger partial charge in [-0.05, 0) is 37.3 Å². The van der Waals surface area contributed by atoms with Crippen LogP contribution in [0.1, 0.15) is 29.3 Å². The normalized spacial score (nSPS) is 23.6. The lowest BCUT2D eigenvalue weighted by atomic mass is 10.1. The summed E-state index contributed by atoms with van der Waals surface area (Å²) in [5.41, 5.74) is 1.74. The Kier molecular flexibility index (Phi) is 2.76. The molecule has 0 saturated heterocycles. The van der Waals surface area contributed by atoms with E-state index < -0.39 is 0 Å².